The summed E-state index contributed by atoms with van der Waals surface area (Å²) < 4.78 is 4.70. The first-order chi connectivity index (χ1) is 12.4. The topological polar surface area (TPSA) is 81.4 Å². The van der Waals surface area contributed by atoms with Gasteiger partial charge in [-0.2, -0.15) is 0 Å². The number of nitrogens with one attached hydrogen (secondary N) is 1. The van der Waals surface area contributed by atoms with E-state index in [0.717, 1.165) is 24.0 Å². The van der Waals surface area contributed by atoms with Crippen molar-refractivity contribution in [2.45, 2.75) is 24.9 Å². The standard InChI is InChI=1S/C19H18Cl2N2O3/c1-26-19(25)11-4-2-3-10(7-11)17(22)18(24)23-16-6-5-13-14(16)8-12(20)9-15(13)21/h2-4,7-9,16-17H,5-6,22H2,1H3,(H,23,24). The van der Waals surface area contributed by atoms with Crippen molar-refractivity contribution in [1.82, 2.24) is 5.32 Å². The number of methoxy groups -OCH3 is 1. The molecule has 5 nitrogen and oxygen atoms in total. The lowest BCUT2D eigenvalue weighted by Gasteiger charge is -2.19. The molecule has 2 unspecified atom stereocenters. The van der Waals surface area contributed by atoms with Crippen LogP contribution in [0.2, 0.25) is 10.0 Å². The Morgan fingerprint density at radius 1 is 1.27 bits per heavy atom. The molecule has 1 aliphatic rings. The number of esters is 1. The third-order valence-corrected chi connectivity index (χ3v) is 5.07. The van der Waals surface area contributed by atoms with Crippen LogP contribution in [0.15, 0.2) is 36.4 Å². The van der Waals surface area contributed by atoms with Crippen molar-refractivity contribution < 1.29 is 14.3 Å². The molecule has 7 heteroatoms. The summed E-state index contributed by atoms with van der Waals surface area (Å²) in [5.41, 5.74) is 8.90. The van der Waals surface area contributed by atoms with Crippen molar-refractivity contribution in [2.75, 3.05) is 7.11 Å². The molecule has 0 bridgehead atoms. The number of halogens is 2. The van der Waals surface area contributed by atoms with Gasteiger partial charge in [0.05, 0.1) is 18.7 Å². The Labute approximate surface area is 161 Å². The smallest absolute Gasteiger partial charge is 0.337 e. The molecule has 0 fully saturated rings. The van der Waals surface area contributed by atoms with Crippen LogP contribution in [0.3, 0.4) is 0 Å². The lowest BCUT2D eigenvalue weighted by atomic mass is 10.0. The molecule has 26 heavy (non-hydrogen) atoms. The van der Waals surface area contributed by atoms with E-state index in [1.807, 2.05) is 6.07 Å². The van der Waals surface area contributed by atoms with E-state index < -0.39 is 12.0 Å². The molecule has 0 spiro atoms. The summed E-state index contributed by atoms with van der Waals surface area (Å²) in [4.78, 5) is 24.3. The first kappa shape index (κ1) is 18.7. The van der Waals surface area contributed by atoms with Crippen LogP contribution in [0.25, 0.3) is 0 Å². The lowest BCUT2D eigenvalue weighted by Crippen LogP contribution is -2.36. The molecular formula is C19H18Cl2N2O3. The summed E-state index contributed by atoms with van der Waals surface area (Å²) in [6, 6.07) is 8.97. The summed E-state index contributed by atoms with van der Waals surface area (Å²) >= 11 is 12.3. The van der Waals surface area contributed by atoms with Crippen LogP contribution in [0.1, 0.15) is 45.6 Å². The van der Waals surface area contributed by atoms with Crippen LogP contribution >= 0.6 is 23.2 Å². The van der Waals surface area contributed by atoms with Gasteiger partial charge in [0.25, 0.3) is 0 Å². The molecule has 0 aromatic heterocycles. The number of hydrogen-bond donors (Lipinski definition) is 2. The highest BCUT2D eigenvalue weighted by molar-refractivity contribution is 6.35. The van der Waals surface area contributed by atoms with Gasteiger partial charge in [-0.25, -0.2) is 4.79 Å². The number of nitrogens with two attached hydrogens (primary N) is 1. The number of fused-ring (bicyclic) bond motifs is 1. The maximum absolute atomic E-state index is 12.6. The molecule has 0 heterocycles. The number of carbonyl (C=O) groups excluding carboxylic acids is 2. The second-order valence-electron chi connectivity index (χ2n) is 6.15. The van der Waals surface area contributed by atoms with E-state index in [1.165, 1.54) is 7.11 Å². The second-order valence-corrected chi connectivity index (χ2v) is 6.99. The molecule has 136 valence electrons. The highest BCUT2D eigenvalue weighted by Crippen LogP contribution is 2.38. The SMILES string of the molecule is COC(=O)c1cccc(C(N)C(=O)NC2CCc3c(Cl)cc(Cl)cc32)c1. The molecule has 3 rings (SSSR count). The molecule has 0 aliphatic heterocycles. The number of ether oxygens (including phenoxy) is 1. The summed E-state index contributed by atoms with van der Waals surface area (Å²) in [6.07, 6.45) is 1.50. The van der Waals surface area contributed by atoms with Gasteiger partial charge in [-0.3, -0.25) is 4.79 Å². The van der Waals surface area contributed by atoms with Crippen LogP contribution in [0.4, 0.5) is 0 Å². The number of amides is 1. The van der Waals surface area contributed by atoms with Gasteiger partial charge >= 0.3 is 5.97 Å². The highest BCUT2D eigenvalue weighted by Gasteiger charge is 2.28. The molecule has 0 radical (unpaired) electrons. The summed E-state index contributed by atoms with van der Waals surface area (Å²) in [5.74, 6) is -0.811. The minimum absolute atomic E-state index is 0.191. The zero-order chi connectivity index (χ0) is 18.8. The zero-order valence-corrected chi connectivity index (χ0v) is 15.6. The van der Waals surface area contributed by atoms with Crippen molar-refractivity contribution in [3.8, 4) is 0 Å². The van der Waals surface area contributed by atoms with Gasteiger partial charge in [-0.05, 0) is 53.8 Å². The highest BCUT2D eigenvalue weighted by atomic mass is 35.5. The monoisotopic (exact) mass is 392 g/mol. The fourth-order valence-electron chi connectivity index (χ4n) is 3.18. The normalized spacial score (nSPS) is 16.7. The van der Waals surface area contributed by atoms with E-state index in [1.54, 1.807) is 30.3 Å². The lowest BCUT2D eigenvalue weighted by molar-refractivity contribution is -0.123. The minimum Gasteiger partial charge on any atom is -0.465 e. The van der Waals surface area contributed by atoms with Gasteiger partial charge in [0.2, 0.25) is 5.91 Å². The summed E-state index contributed by atoms with van der Waals surface area (Å²) in [6.45, 7) is 0. The molecule has 1 amide bonds. The minimum atomic E-state index is -0.904. The van der Waals surface area contributed by atoms with E-state index in [-0.39, 0.29) is 11.9 Å². The van der Waals surface area contributed by atoms with Crippen molar-refractivity contribution in [1.29, 1.82) is 0 Å². The first-order valence-corrected chi connectivity index (χ1v) is 8.88. The third kappa shape index (κ3) is 3.70. The Hall–Kier alpha value is -2.08. The summed E-state index contributed by atoms with van der Waals surface area (Å²) in [7, 11) is 1.30. The van der Waals surface area contributed by atoms with Gasteiger partial charge in [-0.1, -0.05) is 35.3 Å². The van der Waals surface area contributed by atoms with Gasteiger partial charge in [0.15, 0.2) is 0 Å². The van der Waals surface area contributed by atoms with Gasteiger partial charge < -0.3 is 15.8 Å². The quantitative estimate of drug-likeness (QED) is 0.778. The van der Waals surface area contributed by atoms with Gasteiger partial charge in [0.1, 0.15) is 6.04 Å². The number of benzene rings is 2. The molecule has 0 saturated heterocycles. The summed E-state index contributed by atoms with van der Waals surface area (Å²) in [5, 5.41) is 4.10. The zero-order valence-electron chi connectivity index (χ0n) is 14.1. The van der Waals surface area contributed by atoms with Crippen molar-refractivity contribution >= 4 is 35.1 Å². The predicted molar refractivity (Wildman–Crippen MR) is 100 cm³/mol. The van der Waals surface area contributed by atoms with Crippen LogP contribution in [-0.4, -0.2) is 19.0 Å². The Bertz CT molecular complexity index is 870. The van der Waals surface area contributed by atoms with Crippen LogP contribution in [-0.2, 0) is 16.0 Å². The predicted octanol–water partition coefficient (Wildman–Crippen LogP) is 3.58. The van der Waals surface area contributed by atoms with E-state index in [9.17, 15) is 9.59 Å². The largest absolute Gasteiger partial charge is 0.465 e. The maximum Gasteiger partial charge on any atom is 0.337 e. The van der Waals surface area contributed by atoms with E-state index in [4.69, 9.17) is 33.7 Å². The van der Waals surface area contributed by atoms with Crippen molar-refractivity contribution in [3.63, 3.8) is 0 Å². The first-order valence-electron chi connectivity index (χ1n) is 8.12. The van der Waals surface area contributed by atoms with Crippen molar-refractivity contribution in [3.05, 3.63) is 68.7 Å². The fourth-order valence-corrected chi connectivity index (χ4v) is 3.79. The molecule has 2 aromatic carbocycles. The Morgan fingerprint density at radius 3 is 2.77 bits per heavy atom. The third-order valence-electron chi connectivity index (χ3n) is 4.52. The average Bonchev–Trinajstić information content (AvgIpc) is 3.03. The van der Waals surface area contributed by atoms with E-state index in [2.05, 4.69) is 5.32 Å². The van der Waals surface area contributed by atoms with Crippen LogP contribution in [0.5, 0.6) is 0 Å². The fraction of sp³-hybridized carbons (Fsp3) is 0.263. The van der Waals surface area contributed by atoms with E-state index in [0.29, 0.717) is 21.2 Å². The average molecular weight is 393 g/mol. The Morgan fingerprint density at radius 2 is 2.04 bits per heavy atom. The van der Waals surface area contributed by atoms with Crippen molar-refractivity contribution in [2.24, 2.45) is 5.73 Å². The van der Waals surface area contributed by atoms with Gasteiger partial charge in [-0.15, -0.1) is 0 Å². The Kier molecular flexibility index (Phi) is 5.51. The molecule has 1 aliphatic carbocycles. The second kappa shape index (κ2) is 7.66. The van der Waals surface area contributed by atoms with Gasteiger partial charge in [0, 0.05) is 10.0 Å². The molecule has 2 atom stereocenters. The maximum atomic E-state index is 12.6. The van der Waals surface area contributed by atoms with Crippen LogP contribution in [0, 0.1) is 0 Å². The number of rotatable bonds is 4. The number of hydrogen-bond acceptors (Lipinski definition) is 4. The Balaban J connectivity index is 1.77. The molecule has 0 saturated carbocycles. The molecule has 2 aromatic rings. The van der Waals surface area contributed by atoms with Crippen LogP contribution < -0.4 is 11.1 Å². The molecule has 3 N–H and O–H groups in total. The van der Waals surface area contributed by atoms with E-state index >= 15 is 0 Å². The molecular weight excluding hydrogens is 375 g/mol. The number of carbonyl (C=O) groups is 2.